The van der Waals surface area contributed by atoms with Crippen LogP contribution in [0.15, 0.2) is 42.5 Å². The molecule has 8 heteroatoms. The highest BCUT2D eigenvalue weighted by Crippen LogP contribution is 2.22. The molecule has 0 saturated heterocycles. The van der Waals surface area contributed by atoms with Crippen molar-refractivity contribution in [2.45, 2.75) is 13.1 Å². The van der Waals surface area contributed by atoms with Gasteiger partial charge in [-0.25, -0.2) is 9.59 Å². The topological polar surface area (TPSA) is 114 Å². The van der Waals surface area contributed by atoms with Crippen molar-refractivity contribution in [3.63, 3.8) is 0 Å². The van der Waals surface area contributed by atoms with Crippen LogP contribution in [-0.2, 0) is 22.7 Å². The number of rotatable bonds is 7. The summed E-state index contributed by atoms with van der Waals surface area (Å²) >= 11 is 0. The molecule has 2 rings (SSSR count). The number of hydrogen-bond acceptors (Lipinski definition) is 6. The third-order valence-electron chi connectivity index (χ3n) is 3.43. The fraction of sp³-hybridized carbons (Fsp3) is 0.263. The SMILES string of the molecule is COc1cc(CNCc2ccccc2OC)cc(OC)c1.O=C(O)C(=O)O. The molecular weight excluding hydrogens is 354 g/mol. The van der Waals surface area contributed by atoms with Gasteiger partial charge < -0.3 is 29.7 Å². The van der Waals surface area contributed by atoms with Crippen LogP contribution in [0.5, 0.6) is 17.2 Å². The van der Waals surface area contributed by atoms with Crippen molar-refractivity contribution in [2.24, 2.45) is 0 Å². The second kappa shape index (κ2) is 11.4. The van der Waals surface area contributed by atoms with Crippen LogP contribution >= 0.6 is 0 Å². The van der Waals surface area contributed by atoms with Crippen molar-refractivity contribution >= 4 is 11.9 Å². The molecule has 0 heterocycles. The Hall–Kier alpha value is -3.26. The number of carboxylic acid groups (broad SMARTS) is 2. The molecule has 8 nitrogen and oxygen atoms in total. The first-order chi connectivity index (χ1) is 12.9. The smallest absolute Gasteiger partial charge is 0.414 e. The molecule has 0 bridgehead atoms. The van der Waals surface area contributed by atoms with Gasteiger partial charge in [0.25, 0.3) is 0 Å². The first-order valence-electron chi connectivity index (χ1n) is 7.92. The fourth-order valence-corrected chi connectivity index (χ4v) is 2.16. The molecule has 27 heavy (non-hydrogen) atoms. The van der Waals surface area contributed by atoms with Gasteiger partial charge >= 0.3 is 11.9 Å². The molecule has 0 unspecified atom stereocenters. The average Bonchev–Trinajstić information content (AvgIpc) is 2.68. The summed E-state index contributed by atoms with van der Waals surface area (Å²) in [6, 6.07) is 13.9. The van der Waals surface area contributed by atoms with Crippen molar-refractivity contribution in [3.05, 3.63) is 53.6 Å². The number of methoxy groups -OCH3 is 3. The minimum absolute atomic E-state index is 0.728. The first kappa shape index (κ1) is 21.8. The maximum absolute atomic E-state index is 9.10. The summed E-state index contributed by atoms with van der Waals surface area (Å²) in [5.41, 5.74) is 2.25. The molecular formula is C19H23NO7. The molecule has 0 spiro atoms. The highest BCUT2D eigenvalue weighted by molar-refractivity contribution is 6.27. The first-order valence-corrected chi connectivity index (χ1v) is 7.92. The van der Waals surface area contributed by atoms with Crippen molar-refractivity contribution in [1.29, 1.82) is 0 Å². The Bertz CT molecular complexity index is 727. The van der Waals surface area contributed by atoms with Crippen LogP contribution in [0.3, 0.4) is 0 Å². The van der Waals surface area contributed by atoms with E-state index in [1.807, 2.05) is 36.4 Å². The highest BCUT2D eigenvalue weighted by Gasteiger charge is 2.04. The summed E-state index contributed by atoms with van der Waals surface area (Å²) in [7, 11) is 4.99. The molecule has 0 amide bonds. The maximum atomic E-state index is 9.10. The van der Waals surface area contributed by atoms with Gasteiger partial charge in [0.2, 0.25) is 0 Å². The van der Waals surface area contributed by atoms with Crippen LogP contribution in [0.4, 0.5) is 0 Å². The summed E-state index contributed by atoms with van der Waals surface area (Å²) < 4.78 is 15.9. The van der Waals surface area contributed by atoms with Gasteiger partial charge in [-0.2, -0.15) is 0 Å². The molecule has 0 aliphatic rings. The monoisotopic (exact) mass is 377 g/mol. The van der Waals surface area contributed by atoms with E-state index in [9.17, 15) is 0 Å². The number of carboxylic acids is 2. The van der Waals surface area contributed by atoms with E-state index in [2.05, 4.69) is 11.4 Å². The third kappa shape index (κ3) is 7.66. The molecule has 146 valence electrons. The van der Waals surface area contributed by atoms with Gasteiger partial charge in [0.05, 0.1) is 21.3 Å². The second-order valence-corrected chi connectivity index (χ2v) is 5.25. The molecule has 3 N–H and O–H groups in total. The minimum atomic E-state index is -1.82. The van der Waals surface area contributed by atoms with Gasteiger partial charge in [-0.3, -0.25) is 0 Å². The van der Waals surface area contributed by atoms with E-state index in [1.165, 1.54) is 0 Å². The van der Waals surface area contributed by atoms with Gasteiger partial charge in [0, 0.05) is 24.7 Å². The zero-order valence-electron chi connectivity index (χ0n) is 15.4. The van der Waals surface area contributed by atoms with Crippen LogP contribution < -0.4 is 19.5 Å². The normalized spacial score (nSPS) is 9.59. The molecule has 0 atom stereocenters. The third-order valence-corrected chi connectivity index (χ3v) is 3.43. The van der Waals surface area contributed by atoms with Crippen LogP contribution in [-0.4, -0.2) is 43.5 Å². The Labute approximate surface area is 157 Å². The van der Waals surface area contributed by atoms with E-state index in [1.54, 1.807) is 21.3 Å². The number of hydrogen-bond donors (Lipinski definition) is 3. The number of ether oxygens (including phenoxy) is 3. The highest BCUT2D eigenvalue weighted by atomic mass is 16.5. The number of nitrogens with one attached hydrogen (secondary N) is 1. The molecule has 0 aromatic heterocycles. The van der Waals surface area contributed by atoms with E-state index in [4.69, 9.17) is 34.0 Å². The van der Waals surface area contributed by atoms with Crippen LogP contribution in [0.1, 0.15) is 11.1 Å². The van der Waals surface area contributed by atoms with Crippen molar-refractivity contribution in [1.82, 2.24) is 5.32 Å². The molecule has 0 saturated carbocycles. The number of benzene rings is 2. The number of carbonyl (C=O) groups is 2. The lowest BCUT2D eigenvalue weighted by atomic mass is 10.1. The van der Waals surface area contributed by atoms with Gasteiger partial charge in [-0.15, -0.1) is 0 Å². The second-order valence-electron chi connectivity index (χ2n) is 5.25. The molecule has 0 radical (unpaired) electrons. The Morgan fingerprint density at radius 2 is 1.41 bits per heavy atom. The Kier molecular flexibility index (Phi) is 9.18. The lowest BCUT2D eigenvalue weighted by Crippen LogP contribution is -2.13. The van der Waals surface area contributed by atoms with Gasteiger partial charge in [-0.1, -0.05) is 18.2 Å². The summed E-state index contributed by atoms with van der Waals surface area (Å²) in [4.78, 5) is 18.2. The zero-order valence-corrected chi connectivity index (χ0v) is 15.4. The van der Waals surface area contributed by atoms with E-state index >= 15 is 0 Å². The largest absolute Gasteiger partial charge is 0.497 e. The summed E-state index contributed by atoms with van der Waals surface area (Å²) in [5.74, 6) is -1.16. The van der Waals surface area contributed by atoms with Crippen molar-refractivity contribution in [3.8, 4) is 17.2 Å². The van der Waals surface area contributed by atoms with Gasteiger partial charge in [-0.05, 0) is 23.8 Å². The van der Waals surface area contributed by atoms with E-state index in [-0.39, 0.29) is 0 Å². The lowest BCUT2D eigenvalue weighted by molar-refractivity contribution is -0.159. The molecule has 2 aromatic rings. The summed E-state index contributed by atoms with van der Waals surface area (Å²) in [6.07, 6.45) is 0. The maximum Gasteiger partial charge on any atom is 0.414 e. The van der Waals surface area contributed by atoms with Crippen LogP contribution in [0, 0.1) is 0 Å². The molecule has 2 aromatic carbocycles. The van der Waals surface area contributed by atoms with E-state index in [0.29, 0.717) is 0 Å². The zero-order chi connectivity index (χ0) is 20.2. The van der Waals surface area contributed by atoms with Crippen LogP contribution in [0.2, 0.25) is 0 Å². The summed E-state index contributed by atoms with van der Waals surface area (Å²) in [6.45, 7) is 1.47. The summed E-state index contributed by atoms with van der Waals surface area (Å²) in [5, 5.41) is 18.2. The fourth-order valence-electron chi connectivity index (χ4n) is 2.16. The molecule has 0 aliphatic carbocycles. The number of aliphatic carboxylic acids is 2. The van der Waals surface area contributed by atoms with E-state index in [0.717, 1.165) is 41.5 Å². The van der Waals surface area contributed by atoms with Gasteiger partial charge in [0.15, 0.2) is 0 Å². The quantitative estimate of drug-likeness (QED) is 0.629. The van der Waals surface area contributed by atoms with Gasteiger partial charge in [0.1, 0.15) is 17.2 Å². The van der Waals surface area contributed by atoms with Crippen LogP contribution in [0.25, 0.3) is 0 Å². The Balaban J connectivity index is 0.000000527. The predicted octanol–water partition coefficient (Wildman–Crippen LogP) is 2.16. The Morgan fingerprint density at radius 3 is 1.89 bits per heavy atom. The van der Waals surface area contributed by atoms with Crippen molar-refractivity contribution in [2.75, 3.05) is 21.3 Å². The van der Waals surface area contributed by atoms with Crippen molar-refractivity contribution < 1.29 is 34.0 Å². The lowest BCUT2D eigenvalue weighted by Gasteiger charge is -2.11. The van der Waals surface area contributed by atoms with E-state index < -0.39 is 11.9 Å². The Morgan fingerprint density at radius 1 is 0.852 bits per heavy atom. The standard InChI is InChI=1S/C17H21NO3.C2H2O4/c1-19-15-8-13(9-16(10-15)20-2)11-18-12-14-6-4-5-7-17(14)21-3;3-1(4)2(5)6/h4-10,18H,11-12H2,1-3H3;(H,3,4)(H,5,6). The molecule has 0 aliphatic heterocycles. The average molecular weight is 377 g/mol. The molecule has 0 fully saturated rings. The minimum Gasteiger partial charge on any atom is -0.497 e. The predicted molar refractivity (Wildman–Crippen MR) is 98.4 cm³/mol. The number of para-hydroxylation sites is 1.